The van der Waals surface area contributed by atoms with Gasteiger partial charge >= 0.3 is 0 Å². The van der Waals surface area contributed by atoms with E-state index in [4.69, 9.17) is 5.73 Å². The topological polar surface area (TPSA) is 41.6 Å². The number of hydrogen-bond donors (Lipinski definition) is 1. The van der Waals surface area contributed by atoms with E-state index in [0.29, 0.717) is 6.54 Å². The van der Waals surface area contributed by atoms with Crippen LogP contribution in [0.2, 0.25) is 0 Å². The predicted molar refractivity (Wildman–Crippen MR) is 65.4 cm³/mol. The van der Waals surface area contributed by atoms with Crippen LogP contribution in [0, 0.1) is 0 Å². The Labute approximate surface area is 91.6 Å². The molecule has 0 aliphatic heterocycles. The minimum absolute atomic E-state index is 0.564. The van der Waals surface area contributed by atoms with Crippen LogP contribution in [0.1, 0.15) is 19.4 Å². The molecule has 0 aliphatic rings. The van der Waals surface area contributed by atoms with Crippen molar-refractivity contribution < 1.29 is 0 Å². The zero-order chi connectivity index (χ0) is 11.1. The van der Waals surface area contributed by atoms with Crippen molar-refractivity contribution in [3.63, 3.8) is 0 Å². The fourth-order valence-corrected chi connectivity index (χ4v) is 1.30. The number of nitrogens with zero attached hydrogens (tertiary/aromatic N) is 2. The van der Waals surface area contributed by atoms with Gasteiger partial charge < -0.3 is 10.6 Å². The number of rotatable bonds is 5. The smallest absolute Gasteiger partial charge is 0.0912 e. The first-order valence-electron chi connectivity index (χ1n) is 5.37. The van der Waals surface area contributed by atoms with E-state index >= 15 is 0 Å². The molecule has 0 aliphatic carbocycles. The normalized spacial score (nSPS) is 10.9. The highest BCUT2D eigenvalue weighted by Crippen LogP contribution is 2.13. The summed E-state index contributed by atoms with van der Waals surface area (Å²) in [6, 6.07) is 7.99. The first kappa shape index (κ1) is 11.7. The number of aliphatic imine (C=N–C) groups is 1. The van der Waals surface area contributed by atoms with Gasteiger partial charge in [0.2, 0.25) is 0 Å². The Morgan fingerprint density at radius 2 is 2.07 bits per heavy atom. The lowest BCUT2D eigenvalue weighted by Crippen LogP contribution is -2.20. The summed E-state index contributed by atoms with van der Waals surface area (Å²) < 4.78 is 0. The SMILES string of the molecule is CCN(C=Nc1cccc(CN)c1)CC. The minimum Gasteiger partial charge on any atom is -0.363 e. The molecular weight excluding hydrogens is 186 g/mol. The number of benzene rings is 1. The maximum Gasteiger partial charge on any atom is 0.0912 e. The third-order valence-corrected chi connectivity index (χ3v) is 2.33. The highest BCUT2D eigenvalue weighted by atomic mass is 15.1. The summed E-state index contributed by atoms with van der Waals surface area (Å²) in [5, 5.41) is 0. The molecule has 0 saturated carbocycles. The van der Waals surface area contributed by atoms with Gasteiger partial charge in [-0.25, -0.2) is 4.99 Å². The highest BCUT2D eigenvalue weighted by Gasteiger charge is 1.93. The molecule has 15 heavy (non-hydrogen) atoms. The summed E-state index contributed by atoms with van der Waals surface area (Å²) in [5.74, 6) is 0. The Kier molecular flexibility index (Phi) is 4.84. The Morgan fingerprint density at radius 3 is 2.67 bits per heavy atom. The van der Waals surface area contributed by atoms with Crippen LogP contribution in [0.15, 0.2) is 29.3 Å². The van der Waals surface area contributed by atoms with Gasteiger partial charge in [-0.15, -0.1) is 0 Å². The molecule has 0 spiro atoms. The molecule has 1 aromatic carbocycles. The Balaban J connectivity index is 2.70. The fraction of sp³-hybridized carbons (Fsp3) is 0.417. The Bertz CT molecular complexity index is 316. The van der Waals surface area contributed by atoms with Crippen LogP contribution < -0.4 is 5.73 Å². The average molecular weight is 205 g/mol. The summed E-state index contributed by atoms with van der Waals surface area (Å²) in [5.41, 5.74) is 7.64. The van der Waals surface area contributed by atoms with Crippen LogP contribution in [0.3, 0.4) is 0 Å². The second-order valence-corrected chi connectivity index (χ2v) is 3.34. The van der Waals surface area contributed by atoms with Gasteiger partial charge in [0.1, 0.15) is 0 Å². The van der Waals surface area contributed by atoms with Gasteiger partial charge in [-0.3, -0.25) is 0 Å². The molecule has 2 N–H and O–H groups in total. The third kappa shape index (κ3) is 3.72. The highest BCUT2D eigenvalue weighted by molar-refractivity contribution is 5.61. The zero-order valence-corrected chi connectivity index (χ0v) is 9.48. The summed E-state index contributed by atoms with van der Waals surface area (Å²) in [6.45, 7) is 6.76. The molecule has 0 fully saturated rings. The Morgan fingerprint density at radius 1 is 1.33 bits per heavy atom. The largest absolute Gasteiger partial charge is 0.363 e. The maximum atomic E-state index is 5.56. The van der Waals surface area contributed by atoms with Gasteiger partial charge in [-0.1, -0.05) is 12.1 Å². The molecule has 0 radical (unpaired) electrons. The minimum atomic E-state index is 0.564. The molecule has 0 bridgehead atoms. The van der Waals surface area contributed by atoms with Crippen molar-refractivity contribution in [2.24, 2.45) is 10.7 Å². The molecule has 0 heterocycles. The molecule has 3 nitrogen and oxygen atoms in total. The standard InChI is InChI=1S/C12H19N3/c1-3-15(4-2)10-14-12-7-5-6-11(8-12)9-13/h5-8,10H,3-4,9,13H2,1-2H3. The molecule has 0 unspecified atom stereocenters. The summed E-state index contributed by atoms with van der Waals surface area (Å²) >= 11 is 0. The van der Waals surface area contributed by atoms with Gasteiger partial charge in [0.15, 0.2) is 0 Å². The van der Waals surface area contributed by atoms with E-state index in [9.17, 15) is 0 Å². The molecule has 0 aromatic heterocycles. The summed E-state index contributed by atoms with van der Waals surface area (Å²) in [6.07, 6.45) is 1.88. The fourth-order valence-electron chi connectivity index (χ4n) is 1.30. The van der Waals surface area contributed by atoms with Crippen molar-refractivity contribution in [2.75, 3.05) is 13.1 Å². The number of nitrogens with two attached hydrogens (primary N) is 1. The summed E-state index contributed by atoms with van der Waals surface area (Å²) in [7, 11) is 0. The van der Waals surface area contributed by atoms with E-state index in [0.717, 1.165) is 24.3 Å². The van der Waals surface area contributed by atoms with Crippen LogP contribution >= 0.6 is 0 Å². The Hall–Kier alpha value is -1.35. The van der Waals surface area contributed by atoms with E-state index in [1.807, 2.05) is 30.6 Å². The second kappa shape index (κ2) is 6.19. The van der Waals surface area contributed by atoms with Gasteiger partial charge in [0, 0.05) is 19.6 Å². The van der Waals surface area contributed by atoms with E-state index in [1.54, 1.807) is 0 Å². The lowest BCUT2D eigenvalue weighted by atomic mass is 10.2. The van der Waals surface area contributed by atoms with Gasteiger partial charge in [0.25, 0.3) is 0 Å². The van der Waals surface area contributed by atoms with Crippen molar-refractivity contribution >= 4 is 12.0 Å². The van der Waals surface area contributed by atoms with Gasteiger partial charge in [-0.2, -0.15) is 0 Å². The van der Waals surface area contributed by atoms with Crippen LogP contribution in [-0.4, -0.2) is 24.3 Å². The van der Waals surface area contributed by atoms with Crippen LogP contribution in [0.5, 0.6) is 0 Å². The molecule has 82 valence electrons. The van der Waals surface area contributed by atoms with Crippen molar-refractivity contribution in [1.82, 2.24) is 4.90 Å². The predicted octanol–water partition coefficient (Wildman–Crippen LogP) is 2.15. The molecule has 0 saturated heterocycles. The molecule has 0 amide bonds. The van der Waals surface area contributed by atoms with Crippen molar-refractivity contribution in [1.29, 1.82) is 0 Å². The van der Waals surface area contributed by atoms with Crippen LogP contribution in [-0.2, 0) is 6.54 Å². The first-order chi connectivity index (χ1) is 7.30. The molecule has 0 atom stereocenters. The van der Waals surface area contributed by atoms with Gasteiger partial charge in [-0.05, 0) is 31.5 Å². The summed E-state index contributed by atoms with van der Waals surface area (Å²) in [4.78, 5) is 6.55. The average Bonchev–Trinajstić information content (AvgIpc) is 2.31. The maximum absolute atomic E-state index is 5.56. The lowest BCUT2D eigenvalue weighted by Gasteiger charge is -2.13. The second-order valence-electron chi connectivity index (χ2n) is 3.34. The van der Waals surface area contributed by atoms with Crippen molar-refractivity contribution in [2.45, 2.75) is 20.4 Å². The lowest BCUT2D eigenvalue weighted by molar-refractivity contribution is 0.480. The first-order valence-corrected chi connectivity index (χ1v) is 5.37. The zero-order valence-electron chi connectivity index (χ0n) is 9.48. The third-order valence-electron chi connectivity index (χ3n) is 2.33. The van der Waals surface area contributed by atoms with Crippen molar-refractivity contribution in [3.8, 4) is 0 Å². The van der Waals surface area contributed by atoms with E-state index < -0.39 is 0 Å². The number of hydrogen-bond acceptors (Lipinski definition) is 2. The van der Waals surface area contributed by atoms with E-state index in [1.165, 1.54) is 0 Å². The molecule has 1 rings (SSSR count). The van der Waals surface area contributed by atoms with Crippen molar-refractivity contribution in [3.05, 3.63) is 29.8 Å². The molecule has 3 heteroatoms. The quantitative estimate of drug-likeness (QED) is 0.591. The van der Waals surface area contributed by atoms with Crippen LogP contribution in [0.4, 0.5) is 5.69 Å². The van der Waals surface area contributed by atoms with Gasteiger partial charge in [0.05, 0.1) is 12.0 Å². The van der Waals surface area contributed by atoms with E-state index in [-0.39, 0.29) is 0 Å². The molecular formula is C12H19N3. The van der Waals surface area contributed by atoms with E-state index in [2.05, 4.69) is 23.7 Å². The molecule has 1 aromatic rings. The monoisotopic (exact) mass is 205 g/mol. The van der Waals surface area contributed by atoms with Crippen LogP contribution in [0.25, 0.3) is 0 Å².